The fourth-order valence-electron chi connectivity index (χ4n) is 3.83. The monoisotopic (exact) mass is 278 g/mol. The lowest BCUT2D eigenvalue weighted by molar-refractivity contribution is 0.144. The number of benzene rings is 1. The van der Waals surface area contributed by atoms with E-state index in [1.54, 1.807) is 0 Å². The third-order valence-corrected chi connectivity index (χ3v) is 5.44. The van der Waals surface area contributed by atoms with E-state index in [2.05, 4.69) is 11.0 Å². The normalized spacial score (nSPS) is 22.7. The van der Waals surface area contributed by atoms with Crippen LogP contribution in [-0.2, 0) is 0 Å². The molecule has 1 saturated carbocycles. The van der Waals surface area contributed by atoms with E-state index < -0.39 is 0 Å². The predicted molar refractivity (Wildman–Crippen MR) is 82.8 cm³/mol. The lowest BCUT2D eigenvalue weighted by Crippen LogP contribution is -2.41. The minimum atomic E-state index is 0.641. The standard InChI is InChI=1S/C16H23ClN2/c17-13-5-4-6-14(15(13)18)19-11-9-16(10-12-19)7-2-1-3-8-16/h4-6H,1-3,7-12,18H2. The first-order valence-corrected chi connectivity index (χ1v) is 7.87. The van der Waals surface area contributed by atoms with Gasteiger partial charge in [0.25, 0.3) is 0 Å². The molecule has 0 unspecified atom stereocenters. The molecule has 1 heterocycles. The summed E-state index contributed by atoms with van der Waals surface area (Å²) in [5, 5.41) is 0.676. The predicted octanol–water partition coefficient (Wildman–Crippen LogP) is 4.47. The molecule has 2 fully saturated rings. The van der Waals surface area contributed by atoms with E-state index in [1.165, 1.54) is 44.9 Å². The number of rotatable bonds is 1. The van der Waals surface area contributed by atoms with Crippen LogP contribution in [0.2, 0.25) is 5.02 Å². The van der Waals surface area contributed by atoms with Gasteiger partial charge in [0.2, 0.25) is 0 Å². The fraction of sp³-hybridized carbons (Fsp3) is 0.625. The minimum Gasteiger partial charge on any atom is -0.396 e. The van der Waals surface area contributed by atoms with E-state index in [4.69, 9.17) is 17.3 Å². The number of hydrogen-bond acceptors (Lipinski definition) is 2. The quantitative estimate of drug-likeness (QED) is 0.768. The molecule has 1 aromatic rings. The van der Waals surface area contributed by atoms with Crippen LogP contribution in [0.1, 0.15) is 44.9 Å². The molecule has 0 atom stereocenters. The van der Waals surface area contributed by atoms with E-state index >= 15 is 0 Å². The molecule has 0 aromatic heterocycles. The maximum absolute atomic E-state index is 6.12. The zero-order chi connectivity index (χ0) is 13.3. The van der Waals surface area contributed by atoms with Gasteiger partial charge in [0.1, 0.15) is 0 Å². The van der Waals surface area contributed by atoms with Crippen LogP contribution in [0, 0.1) is 5.41 Å². The van der Waals surface area contributed by atoms with Crippen molar-refractivity contribution in [2.45, 2.75) is 44.9 Å². The summed E-state index contributed by atoms with van der Waals surface area (Å²) in [6.45, 7) is 2.26. The van der Waals surface area contributed by atoms with Gasteiger partial charge in [-0.05, 0) is 43.2 Å². The van der Waals surface area contributed by atoms with Gasteiger partial charge in [-0.25, -0.2) is 0 Å². The molecule has 0 radical (unpaired) electrons. The van der Waals surface area contributed by atoms with Gasteiger partial charge >= 0.3 is 0 Å². The van der Waals surface area contributed by atoms with Gasteiger partial charge in [0.15, 0.2) is 0 Å². The zero-order valence-electron chi connectivity index (χ0n) is 11.5. The van der Waals surface area contributed by atoms with E-state index in [1.807, 2.05) is 12.1 Å². The molecule has 1 saturated heterocycles. The largest absolute Gasteiger partial charge is 0.396 e. The van der Waals surface area contributed by atoms with Crippen molar-refractivity contribution in [2.75, 3.05) is 23.7 Å². The van der Waals surface area contributed by atoms with Crippen LogP contribution in [0.4, 0.5) is 11.4 Å². The van der Waals surface area contributed by atoms with Crippen molar-refractivity contribution in [1.29, 1.82) is 0 Å². The summed E-state index contributed by atoms with van der Waals surface area (Å²) in [4.78, 5) is 2.42. The number of para-hydroxylation sites is 1. The van der Waals surface area contributed by atoms with Gasteiger partial charge in [-0.2, -0.15) is 0 Å². The van der Waals surface area contributed by atoms with Gasteiger partial charge in [-0.3, -0.25) is 0 Å². The number of hydrogen-bond donors (Lipinski definition) is 1. The molecule has 3 rings (SSSR count). The summed E-state index contributed by atoms with van der Waals surface area (Å²) < 4.78 is 0. The first-order valence-electron chi connectivity index (χ1n) is 7.49. The lowest BCUT2D eigenvalue weighted by Gasteiger charge is -2.45. The second-order valence-corrected chi connectivity index (χ2v) is 6.63. The molecule has 1 spiro atoms. The van der Waals surface area contributed by atoms with E-state index in [0.717, 1.165) is 24.5 Å². The van der Waals surface area contributed by atoms with E-state index in [0.29, 0.717) is 10.4 Å². The molecule has 2 aliphatic rings. The SMILES string of the molecule is Nc1c(Cl)cccc1N1CCC2(CCCCC2)CC1. The third kappa shape index (κ3) is 2.55. The molecule has 104 valence electrons. The Balaban J connectivity index is 1.71. The summed E-state index contributed by atoms with van der Waals surface area (Å²) in [7, 11) is 0. The first kappa shape index (κ1) is 13.1. The molecule has 1 aromatic carbocycles. The van der Waals surface area contributed by atoms with E-state index in [-0.39, 0.29) is 0 Å². The van der Waals surface area contributed by atoms with Crippen LogP contribution in [-0.4, -0.2) is 13.1 Å². The highest BCUT2D eigenvalue weighted by Gasteiger charge is 2.35. The Morgan fingerprint density at radius 3 is 2.37 bits per heavy atom. The van der Waals surface area contributed by atoms with Crippen LogP contribution in [0.15, 0.2) is 18.2 Å². The Bertz CT molecular complexity index is 442. The number of piperidine rings is 1. The molecular weight excluding hydrogens is 256 g/mol. The molecule has 1 aliphatic heterocycles. The van der Waals surface area contributed by atoms with Crippen molar-refractivity contribution in [2.24, 2.45) is 5.41 Å². The van der Waals surface area contributed by atoms with Crippen LogP contribution < -0.4 is 10.6 Å². The average molecular weight is 279 g/mol. The molecule has 2 nitrogen and oxygen atoms in total. The summed E-state index contributed by atoms with van der Waals surface area (Å²) in [6.07, 6.45) is 9.81. The number of anilines is 2. The molecule has 0 amide bonds. The third-order valence-electron chi connectivity index (χ3n) is 5.11. The Hall–Kier alpha value is -0.890. The highest BCUT2D eigenvalue weighted by Crippen LogP contribution is 2.45. The minimum absolute atomic E-state index is 0.641. The second kappa shape index (κ2) is 5.24. The summed E-state index contributed by atoms with van der Waals surface area (Å²) in [6, 6.07) is 5.96. The average Bonchev–Trinajstić information content (AvgIpc) is 2.44. The Labute approximate surface area is 120 Å². The van der Waals surface area contributed by atoms with Crippen molar-refractivity contribution < 1.29 is 0 Å². The molecule has 0 bridgehead atoms. The smallest absolute Gasteiger partial charge is 0.0741 e. The molecular formula is C16H23ClN2. The lowest BCUT2D eigenvalue weighted by atomic mass is 9.68. The van der Waals surface area contributed by atoms with E-state index in [9.17, 15) is 0 Å². The molecule has 2 N–H and O–H groups in total. The van der Waals surface area contributed by atoms with Gasteiger partial charge in [0, 0.05) is 13.1 Å². The molecule has 19 heavy (non-hydrogen) atoms. The van der Waals surface area contributed by atoms with Gasteiger partial charge in [-0.15, -0.1) is 0 Å². The van der Waals surface area contributed by atoms with Crippen LogP contribution >= 0.6 is 11.6 Å². The Morgan fingerprint density at radius 2 is 1.68 bits per heavy atom. The van der Waals surface area contributed by atoms with Gasteiger partial charge in [0.05, 0.1) is 16.4 Å². The number of nitrogens with two attached hydrogens (primary N) is 1. The number of nitrogen functional groups attached to an aromatic ring is 1. The Morgan fingerprint density at radius 1 is 1.00 bits per heavy atom. The number of halogens is 1. The van der Waals surface area contributed by atoms with Crippen molar-refractivity contribution in [3.8, 4) is 0 Å². The zero-order valence-corrected chi connectivity index (χ0v) is 12.3. The van der Waals surface area contributed by atoms with Crippen molar-refractivity contribution in [1.82, 2.24) is 0 Å². The van der Waals surface area contributed by atoms with Crippen molar-refractivity contribution >= 4 is 23.0 Å². The maximum atomic E-state index is 6.12. The molecule has 1 aliphatic carbocycles. The van der Waals surface area contributed by atoms with Crippen molar-refractivity contribution in [3.63, 3.8) is 0 Å². The van der Waals surface area contributed by atoms with Crippen molar-refractivity contribution in [3.05, 3.63) is 23.2 Å². The topological polar surface area (TPSA) is 29.3 Å². The summed E-state index contributed by atoms with van der Waals surface area (Å²) >= 11 is 6.12. The highest BCUT2D eigenvalue weighted by molar-refractivity contribution is 6.33. The van der Waals surface area contributed by atoms with Gasteiger partial charge in [-0.1, -0.05) is 36.9 Å². The summed E-state index contributed by atoms with van der Waals surface area (Å²) in [5.41, 5.74) is 8.61. The molecule has 3 heteroatoms. The summed E-state index contributed by atoms with van der Waals surface area (Å²) in [5.74, 6) is 0. The Kier molecular flexibility index (Phi) is 3.62. The maximum Gasteiger partial charge on any atom is 0.0741 e. The van der Waals surface area contributed by atoms with Gasteiger partial charge < -0.3 is 10.6 Å². The second-order valence-electron chi connectivity index (χ2n) is 6.22. The van der Waals surface area contributed by atoms with Crippen LogP contribution in [0.5, 0.6) is 0 Å². The highest BCUT2D eigenvalue weighted by atomic mass is 35.5. The number of nitrogens with zero attached hydrogens (tertiary/aromatic N) is 1. The fourth-order valence-corrected chi connectivity index (χ4v) is 3.99. The first-order chi connectivity index (χ1) is 9.20. The van der Waals surface area contributed by atoms with Crippen LogP contribution in [0.25, 0.3) is 0 Å². The van der Waals surface area contributed by atoms with Crippen LogP contribution in [0.3, 0.4) is 0 Å².